The summed E-state index contributed by atoms with van der Waals surface area (Å²) in [7, 11) is 0. The monoisotopic (exact) mass is 255 g/mol. The molecule has 0 atom stereocenters. The van der Waals surface area contributed by atoms with Crippen molar-refractivity contribution in [3.63, 3.8) is 0 Å². The number of aryl methyl sites for hydroxylation is 1. The molecule has 0 radical (unpaired) electrons. The number of nitro benzene ring substituents is 1. The lowest BCUT2D eigenvalue weighted by atomic mass is 9.99. The van der Waals surface area contributed by atoms with Crippen molar-refractivity contribution >= 4 is 11.5 Å². The fourth-order valence-corrected chi connectivity index (χ4v) is 1.92. The first-order valence-electron chi connectivity index (χ1n) is 5.85. The predicted octanol–water partition coefficient (Wildman–Crippen LogP) is 3.77. The highest BCUT2D eigenvalue weighted by molar-refractivity contribution is 5.94. The molecule has 0 aliphatic rings. The second kappa shape index (κ2) is 5.02. The molecular formula is C15H13NO3. The molecule has 4 nitrogen and oxygen atoms in total. The third kappa shape index (κ3) is 2.68. The van der Waals surface area contributed by atoms with Gasteiger partial charge in [0.05, 0.1) is 10.5 Å². The van der Waals surface area contributed by atoms with Crippen molar-refractivity contribution in [2.75, 3.05) is 0 Å². The lowest BCUT2D eigenvalue weighted by Crippen LogP contribution is -1.94. The average molecular weight is 255 g/mol. The molecule has 0 spiro atoms. The second-order valence-electron chi connectivity index (χ2n) is 4.41. The predicted molar refractivity (Wildman–Crippen MR) is 73.3 cm³/mol. The van der Waals surface area contributed by atoms with Crippen LogP contribution in [0.4, 0.5) is 5.69 Å². The van der Waals surface area contributed by atoms with Gasteiger partial charge in [-0.25, -0.2) is 0 Å². The van der Waals surface area contributed by atoms with E-state index >= 15 is 0 Å². The summed E-state index contributed by atoms with van der Waals surface area (Å²) in [6.07, 6.45) is 0. The van der Waals surface area contributed by atoms with E-state index in [2.05, 4.69) is 0 Å². The normalized spacial score (nSPS) is 10.2. The maximum Gasteiger partial charge on any atom is 0.277 e. The minimum atomic E-state index is -0.395. The standard InChI is InChI=1S/C15H13NO3/c1-10-3-8-15(16(18)19)14(9-10)13-6-4-12(5-7-13)11(2)17/h3-9H,1-2H3. The summed E-state index contributed by atoms with van der Waals surface area (Å²) in [6.45, 7) is 3.38. The Hall–Kier alpha value is -2.49. The van der Waals surface area contributed by atoms with Crippen molar-refractivity contribution in [1.29, 1.82) is 0 Å². The summed E-state index contributed by atoms with van der Waals surface area (Å²) >= 11 is 0. The molecule has 0 amide bonds. The zero-order chi connectivity index (χ0) is 14.0. The van der Waals surface area contributed by atoms with Gasteiger partial charge in [0, 0.05) is 11.6 Å². The summed E-state index contributed by atoms with van der Waals surface area (Å²) in [5.41, 5.74) is 2.93. The summed E-state index contributed by atoms with van der Waals surface area (Å²) < 4.78 is 0. The fourth-order valence-electron chi connectivity index (χ4n) is 1.92. The molecule has 2 rings (SSSR count). The number of nitrogens with zero attached hydrogens (tertiary/aromatic N) is 1. The molecule has 2 aromatic rings. The molecule has 0 heterocycles. The van der Waals surface area contributed by atoms with E-state index < -0.39 is 4.92 Å². The highest BCUT2D eigenvalue weighted by Gasteiger charge is 2.15. The Labute approximate surface area is 110 Å². The van der Waals surface area contributed by atoms with Crippen LogP contribution in [0, 0.1) is 17.0 Å². The first-order valence-corrected chi connectivity index (χ1v) is 5.85. The Morgan fingerprint density at radius 3 is 2.26 bits per heavy atom. The van der Waals surface area contributed by atoms with E-state index in [0.717, 1.165) is 11.1 Å². The Balaban J connectivity index is 2.54. The highest BCUT2D eigenvalue weighted by Crippen LogP contribution is 2.30. The van der Waals surface area contributed by atoms with Gasteiger partial charge in [0.2, 0.25) is 0 Å². The van der Waals surface area contributed by atoms with Gasteiger partial charge in [-0.3, -0.25) is 14.9 Å². The Morgan fingerprint density at radius 2 is 1.74 bits per heavy atom. The topological polar surface area (TPSA) is 60.2 Å². The molecule has 0 unspecified atom stereocenters. The lowest BCUT2D eigenvalue weighted by Gasteiger charge is -2.05. The van der Waals surface area contributed by atoms with E-state index in [1.54, 1.807) is 36.4 Å². The SMILES string of the molecule is CC(=O)c1ccc(-c2cc(C)ccc2[N+](=O)[O-])cc1. The number of Topliss-reactive ketones (excluding diaryl/α,β-unsaturated/α-hetero) is 1. The van der Waals surface area contributed by atoms with Gasteiger partial charge in [-0.15, -0.1) is 0 Å². The summed E-state index contributed by atoms with van der Waals surface area (Å²) in [6, 6.07) is 11.8. The smallest absolute Gasteiger partial charge is 0.277 e. The van der Waals surface area contributed by atoms with Crippen LogP contribution in [0.25, 0.3) is 11.1 Å². The third-order valence-electron chi connectivity index (χ3n) is 2.95. The van der Waals surface area contributed by atoms with E-state index in [1.807, 2.05) is 6.92 Å². The molecule has 0 aliphatic heterocycles. The maximum absolute atomic E-state index is 11.2. The van der Waals surface area contributed by atoms with Gasteiger partial charge in [-0.1, -0.05) is 35.9 Å². The zero-order valence-corrected chi connectivity index (χ0v) is 10.7. The molecule has 96 valence electrons. The van der Waals surface area contributed by atoms with Gasteiger partial charge in [0.15, 0.2) is 5.78 Å². The summed E-state index contributed by atoms with van der Waals surface area (Å²) in [5.74, 6) is -0.0229. The average Bonchev–Trinajstić information content (AvgIpc) is 2.38. The van der Waals surface area contributed by atoms with Crippen LogP contribution in [-0.2, 0) is 0 Å². The number of carbonyl (C=O) groups is 1. The van der Waals surface area contributed by atoms with Gasteiger partial charge in [-0.2, -0.15) is 0 Å². The number of rotatable bonds is 3. The number of hydrogen-bond donors (Lipinski definition) is 0. The van der Waals surface area contributed by atoms with Crippen LogP contribution in [0.15, 0.2) is 42.5 Å². The molecular weight excluding hydrogens is 242 g/mol. The highest BCUT2D eigenvalue weighted by atomic mass is 16.6. The number of ketones is 1. The van der Waals surface area contributed by atoms with Crippen LogP contribution >= 0.6 is 0 Å². The molecule has 0 bridgehead atoms. The number of carbonyl (C=O) groups excluding carboxylic acids is 1. The van der Waals surface area contributed by atoms with Gasteiger partial charge < -0.3 is 0 Å². The fraction of sp³-hybridized carbons (Fsp3) is 0.133. The van der Waals surface area contributed by atoms with Crippen molar-refractivity contribution in [3.05, 3.63) is 63.7 Å². The number of nitro groups is 1. The molecule has 19 heavy (non-hydrogen) atoms. The molecule has 0 aliphatic carbocycles. The van der Waals surface area contributed by atoms with Crippen molar-refractivity contribution in [2.45, 2.75) is 13.8 Å². The minimum Gasteiger partial charge on any atom is -0.295 e. The van der Waals surface area contributed by atoms with Crippen LogP contribution in [0.5, 0.6) is 0 Å². The molecule has 0 N–H and O–H groups in total. The van der Waals surface area contributed by atoms with Crippen LogP contribution < -0.4 is 0 Å². The Bertz CT molecular complexity index is 645. The number of benzene rings is 2. The van der Waals surface area contributed by atoms with Crippen LogP contribution in [0.1, 0.15) is 22.8 Å². The zero-order valence-electron chi connectivity index (χ0n) is 10.7. The molecule has 0 saturated heterocycles. The Kier molecular flexibility index (Phi) is 3.42. The van der Waals surface area contributed by atoms with Gasteiger partial charge in [0.1, 0.15) is 0 Å². The van der Waals surface area contributed by atoms with E-state index in [1.165, 1.54) is 13.0 Å². The minimum absolute atomic E-state index is 0.0229. The van der Waals surface area contributed by atoms with Crippen molar-refractivity contribution in [3.8, 4) is 11.1 Å². The van der Waals surface area contributed by atoms with Gasteiger partial charge in [0.25, 0.3) is 5.69 Å². The van der Waals surface area contributed by atoms with Crippen LogP contribution in [0.3, 0.4) is 0 Å². The molecule has 0 fully saturated rings. The first-order chi connectivity index (χ1) is 8.99. The van der Waals surface area contributed by atoms with Crippen LogP contribution in [0.2, 0.25) is 0 Å². The second-order valence-corrected chi connectivity index (χ2v) is 4.41. The van der Waals surface area contributed by atoms with E-state index in [-0.39, 0.29) is 11.5 Å². The first kappa shape index (κ1) is 13.0. The molecule has 4 heteroatoms. The molecule has 0 aromatic heterocycles. The quantitative estimate of drug-likeness (QED) is 0.476. The Morgan fingerprint density at radius 1 is 1.11 bits per heavy atom. The third-order valence-corrected chi connectivity index (χ3v) is 2.95. The van der Waals surface area contributed by atoms with E-state index in [0.29, 0.717) is 11.1 Å². The van der Waals surface area contributed by atoms with E-state index in [9.17, 15) is 14.9 Å². The van der Waals surface area contributed by atoms with Crippen molar-refractivity contribution in [2.24, 2.45) is 0 Å². The van der Waals surface area contributed by atoms with Crippen LogP contribution in [-0.4, -0.2) is 10.7 Å². The van der Waals surface area contributed by atoms with Gasteiger partial charge in [-0.05, 0) is 25.5 Å². The summed E-state index contributed by atoms with van der Waals surface area (Å²) in [4.78, 5) is 21.9. The largest absolute Gasteiger partial charge is 0.295 e. The number of hydrogen-bond acceptors (Lipinski definition) is 3. The maximum atomic E-state index is 11.2. The molecule has 0 saturated carbocycles. The van der Waals surface area contributed by atoms with Crippen molar-refractivity contribution in [1.82, 2.24) is 0 Å². The summed E-state index contributed by atoms with van der Waals surface area (Å²) in [5, 5.41) is 11.0. The molecule has 2 aromatic carbocycles. The van der Waals surface area contributed by atoms with E-state index in [4.69, 9.17) is 0 Å². The lowest BCUT2D eigenvalue weighted by molar-refractivity contribution is -0.384. The van der Waals surface area contributed by atoms with Gasteiger partial charge >= 0.3 is 0 Å². The van der Waals surface area contributed by atoms with Crippen molar-refractivity contribution < 1.29 is 9.72 Å².